The molecule has 0 bridgehead atoms. The van der Waals surface area contributed by atoms with E-state index in [1.807, 2.05) is 0 Å². The zero-order valence-electron chi connectivity index (χ0n) is 9.03. The summed E-state index contributed by atoms with van der Waals surface area (Å²) in [4.78, 5) is 0. The summed E-state index contributed by atoms with van der Waals surface area (Å²) in [6.07, 6.45) is -10.8. The molecule has 0 radical (unpaired) electrons. The van der Waals surface area contributed by atoms with Crippen LogP contribution in [0.2, 0.25) is 0 Å². The van der Waals surface area contributed by atoms with Crippen molar-refractivity contribution in [2.45, 2.75) is 49.6 Å². The van der Waals surface area contributed by atoms with Crippen molar-refractivity contribution in [3.63, 3.8) is 0 Å². The van der Waals surface area contributed by atoms with Crippen LogP contribution in [0.4, 0.5) is 26.3 Å². The molecule has 0 aliphatic heterocycles. The molecule has 0 spiro atoms. The van der Waals surface area contributed by atoms with Crippen LogP contribution in [0.3, 0.4) is 0 Å². The van der Waals surface area contributed by atoms with Crippen LogP contribution in [0.5, 0.6) is 0 Å². The summed E-state index contributed by atoms with van der Waals surface area (Å²) in [6, 6.07) is 0. The van der Waals surface area contributed by atoms with Gasteiger partial charge in [0.15, 0.2) is 5.16 Å². The maximum atomic E-state index is 12.4. The third-order valence-corrected chi connectivity index (χ3v) is 3.43. The maximum absolute atomic E-state index is 12.4. The predicted octanol–water partition coefficient (Wildman–Crippen LogP) is 3.67. The Labute approximate surface area is 97.8 Å². The van der Waals surface area contributed by atoms with Crippen molar-refractivity contribution < 1.29 is 31.4 Å². The molecule has 1 N–H and O–H groups in total. The highest BCUT2D eigenvalue weighted by Crippen LogP contribution is 2.52. The van der Waals surface area contributed by atoms with E-state index < -0.39 is 23.9 Å². The number of hydrogen-bond donors (Lipinski definition) is 1. The van der Waals surface area contributed by atoms with E-state index in [1.54, 1.807) is 0 Å². The van der Waals surface area contributed by atoms with Gasteiger partial charge in [-0.3, -0.25) is 0 Å². The number of rotatable bonds is 6. The van der Waals surface area contributed by atoms with Gasteiger partial charge in [-0.25, -0.2) is 0 Å². The first-order valence-corrected chi connectivity index (χ1v) is 5.67. The van der Waals surface area contributed by atoms with Gasteiger partial charge in [0.1, 0.15) is 0 Å². The van der Waals surface area contributed by atoms with E-state index >= 15 is 0 Å². The monoisotopic (exact) mass is 284 g/mol. The summed E-state index contributed by atoms with van der Waals surface area (Å²) < 4.78 is 74.4. The van der Waals surface area contributed by atoms with Gasteiger partial charge in [-0.05, 0) is 12.8 Å². The molecule has 0 fully saturated rings. The van der Waals surface area contributed by atoms with Gasteiger partial charge < -0.3 is 5.11 Å². The van der Waals surface area contributed by atoms with E-state index in [1.165, 1.54) is 0 Å². The highest BCUT2D eigenvalue weighted by atomic mass is 31.0. The zero-order chi connectivity index (χ0) is 13.7. The van der Waals surface area contributed by atoms with Gasteiger partial charge in [0.05, 0.1) is 0 Å². The van der Waals surface area contributed by atoms with E-state index in [4.69, 9.17) is 5.11 Å². The molecule has 0 rings (SSSR count). The van der Waals surface area contributed by atoms with E-state index in [0.717, 1.165) is 9.24 Å². The Bertz CT molecular complexity index is 211. The predicted molar refractivity (Wildman–Crippen MR) is 54.7 cm³/mol. The van der Waals surface area contributed by atoms with Crippen LogP contribution in [0.15, 0.2) is 0 Å². The van der Waals surface area contributed by atoms with E-state index in [9.17, 15) is 26.3 Å². The summed E-state index contributed by atoms with van der Waals surface area (Å²) >= 11 is 0. The highest BCUT2D eigenvalue weighted by molar-refractivity contribution is 7.19. The normalized spacial score (nSPS) is 14.1. The highest BCUT2D eigenvalue weighted by Gasteiger charge is 2.66. The number of unbranched alkanes of at least 4 members (excludes halogenated alkanes) is 3. The zero-order valence-corrected chi connectivity index (χ0v) is 10.2. The van der Waals surface area contributed by atoms with Gasteiger partial charge >= 0.3 is 12.4 Å². The van der Waals surface area contributed by atoms with Crippen LogP contribution in [0.25, 0.3) is 0 Å². The van der Waals surface area contributed by atoms with Crippen molar-refractivity contribution in [3.05, 3.63) is 0 Å². The first-order chi connectivity index (χ1) is 7.56. The molecule has 0 heterocycles. The van der Waals surface area contributed by atoms with Crippen LogP contribution < -0.4 is 0 Å². The molecule has 0 aliphatic rings. The molecule has 0 saturated carbocycles. The average molecular weight is 284 g/mol. The third-order valence-electron chi connectivity index (χ3n) is 2.49. The molecule has 0 amide bonds. The van der Waals surface area contributed by atoms with Crippen LogP contribution in [-0.4, -0.2) is 29.2 Å². The quantitative estimate of drug-likeness (QED) is 0.448. The van der Waals surface area contributed by atoms with Gasteiger partial charge in [0.25, 0.3) is 0 Å². The minimum atomic E-state index is -5.33. The number of aliphatic hydroxyl groups excluding tert-OH is 1. The Hall–Kier alpha value is -0.0300. The van der Waals surface area contributed by atoms with Gasteiger partial charge in [0, 0.05) is 6.61 Å². The van der Waals surface area contributed by atoms with Crippen LogP contribution >= 0.6 is 9.24 Å². The topological polar surface area (TPSA) is 20.2 Å². The van der Waals surface area contributed by atoms with Gasteiger partial charge in [-0.15, -0.1) is 9.24 Å². The molecule has 1 nitrogen and oxygen atoms in total. The van der Waals surface area contributed by atoms with E-state index in [2.05, 4.69) is 0 Å². The fourth-order valence-corrected chi connectivity index (χ4v) is 1.52. The fraction of sp³-hybridized carbons (Fsp3) is 1.00. The minimum absolute atomic E-state index is 0.107. The molecular weight excluding hydrogens is 269 g/mol. The van der Waals surface area contributed by atoms with Gasteiger partial charge in [0.2, 0.25) is 0 Å². The Balaban J connectivity index is 4.44. The van der Waals surface area contributed by atoms with Crippen LogP contribution in [0, 0.1) is 0 Å². The lowest BCUT2D eigenvalue weighted by Crippen LogP contribution is -2.51. The minimum Gasteiger partial charge on any atom is -0.396 e. The average Bonchev–Trinajstić information content (AvgIpc) is 2.13. The van der Waals surface area contributed by atoms with E-state index in [0.29, 0.717) is 12.8 Å². The second-order valence-electron chi connectivity index (χ2n) is 3.85. The molecule has 0 aliphatic carbocycles. The molecule has 0 aromatic heterocycles. The molecule has 1 unspecified atom stereocenters. The smallest absolute Gasteiger partial charge is 0.396 e. The number of alkyl halides is 6. The second kappa shape index (κ2) is 6.23. The van der Waals surface area contributed by atoms with Crippen LogP contribution in [0.1, 0.15) is 32.1 Å². The van der Waals surface area contributed by atoms with Crippen molar-refractivity contribution in [1.29, 1.82) is 0 Å². The Morgan fingerprint density at radius 2 is 1.18 bits per heavy atom. The number of hydrogen-bond acceptors (Lipinski definition) is 1. The number of aliphatic hydroxyl groups is 1. The molecule has 104 valence electrons. The summed E-state index contributed by atoms with van der Waals surface area (Å²) in [5, 5.41) is 4.70. The molecule has 0 aromatic rings. The lowest BCUT2D eigenvalue weighted by molar-refractivity contribution is -0.267. The van der Waals surface area contributed by atoms with E-state index in [-0.39, 0.29) is 19.4 Å². The Morgan fingerprint density at radius 1 is 0.765 bits per heavy atom. The van der Waals surface area contributed by atoms with Gasteiger partial charge in [-0.1, -0.05) is 19.3 Å². The summed E-state index contributed by atoms with van der Waals surface area (Å²) in [7, 11) is 0.906. The van der Waals surface area contributed by atoms with Gasteiger partial charge in [-0.2, -0.15) is 26.3 Å². The fourth-order valence-electron chi connectivity index (χ4n) is 1.31. The summed E-state index contributed by atoms with van der Waals surface area (Å²) in [5.74, 6) is 0. The molecule has 0 aromatic carbocycles. The third kappa shape index (κ3) is 4.62. The molecule has 8 heteroatoms. The maximum Gasteiger partial charge on any atom is 0.406 e. The van der Waals surface area contributed by atoms with Crippen molar-refractivity contribution in [2.24, 2.45) is 0 Å². The lowest BCUT2D eigenvalue weighted by Gasteiger charge is -2.33. The Morgan fingerprint density at radius 3 is 1.53 bits per heavy atom. The largest absolute Gasteiger partial charge is 0.406 e. The van der Waals surface area contributed by atoms with Crippen molar-refractivity contribution in [1.82, 2.24) is 0 Å². The molecule has 0 saturated heterocycles. The molecular formula is C9H15F6OP. The van der Waals surface area contributed by atoms with Crippen LogP contribution in [-0.2, 0) is 0 Å². The lowest BCUT2D eigenvalue weighted by atomic mass is 9.98. The first-order valence-electron chi connectivity index (χ1n) is 5.09. The summed E-state index contributed by atoms with van der Waals surface area (Å²) in [6.45, 7) is -0.107. The standard InChI is InChI=1S/C9H15F6OP/c10-8(11,12)7(17,9(13,14)15)5-3-1-2-4-6-16/h16H,1-6,17H2. The number of halogens is 6. The van der Waals surface area contributed by atoms with Crippen molar-refractivity contribution in [2.75, 3.05) is 6.61 Å². The first kappa shape index (κ1) is 17.0. The SMILES string of the molecule is OCCCCCCC(P)(C(F)(F)F)C(F)(F)F. The Kier molecular flexibility index (Phi) is 6.22. The van der Waals surface area contributed by atoms with Crippen molar-refractivity contribution >= 4 is 9.24 Å². The molecule has 17 heavy (non-hydrogen) atoms. The second-order valence-corrected chi connectivity index (χ2v) is 4.84. The van der Waals surface area contributed by atoms with Crippen molar-refractivity contribution in [3.8, 4) is 0 Å². The summed E-state index contributed by atoms with van der Waals surface area (Å²) in [5.41, 5.74) is 0. The molecule has 1 atom stereocenters.